The number of carbonyl (C=O) groups excluding carboxylic acids is 1. The lowest BCUT2D eigenvalue weighted by atomic mass is 9.79. The van der Waals surface area contributed by atoms with E-state index in [9.17, 15) is 40.2 Å². The van der Waals surface area contributed by atoms with E-state index in [2.05, 4.69) is 0 Å². The molecule has 0 spiro atoms. The molecule has 0 amide bonds. The molecule has 0 aromatic heterocycles. The van der Waals surface area contributed by atoms with Crippen LogP contribution in [0.25, 0.3) is 10.8 Å². The van der Waals surface area contributed by atoms with Crippen molar-refractivity contribution in [3.05, 3.63) is 70.8 Å². The van der Waals surface area contributed by atoms with Gasteiger partial charge in [-0.3, -0.25) is 4.79 Å². The third-order valence-electron chi connectivity index (χ3n) is 7.88. The zero-order chi connectivity index (χ0) is 30.8. The number of hydrogen-bond acceptors (Lipinski definition) is 9. The van der Waals surface area contributed by atoms with E-state index in [1.807, 2.05) is 44.2 Å². The van der Waals surface area contributed by atoms with Gasteiger partial charge in [0.05, 0.1) is 23.1 Å². The normalized spacial score (nSPS) is 24.2. The molecule has 1 heterocycles. The number of Topliss-reactive ketones (excluding diaryl/α,β-unsaturated/α-hetero) is 1. The maximum Gasteiger partial charge on any atom is 0.335 e. The highest BCUT2D eigenvalue weighted by Crippen LogP contribution is 2.42. The zero-order valence-electron chi connectivity index (χ0n) is 23.9. The number of fused-ring (bicyclic) bond motifs is 1. The van der Waals surface area contributed by atoms with E-state index in [1.54, 1.807) is 13.0 Å². The molecule has 0 aliphatic carbocycles. The van der Waals surface area contributed by atoms with Gasteiger partial charge in [0.1, 0.15) is 35.4 Å². The first-order chi connectivity index (χ1) is 19.9. The number of aryl methyl sites for hydroxylation is 2. The predicted octanol–water partition coefficient (Wildman–Crippen LogP) is 3.35. The van der Waals surface area contributed by atoms with Gasteiger partial charge in [-0.15, -0.1) is 0 Å². The summed E-state index contributed by atoms with van der Waals surface area (Å²) in [4.78, 5) is 25.2. The molecule has 0 saturated carbocycles. The minimum atomic E-state index is -1.97. The van der Waals surface area contributed by atoms with E-state index in [0.717, 1.165) is 11.6 Å². The summed E-state index contributed by atoms with van der Waals surface area (Å²) in [7, 11) is 0. The van der Waals surface area contributed by atoms with Gasteiger partial charge >= 0.3 is 5.97 Å². The third kappa shape index (κ3) is 6.28. The highest BCUT2D eigenvalue weighted by atomic mass is 16.7. The van der Waals surface area contributed by atoms with E-state index in [-0.39, 0.29) is 52.2 Å². The standard InChI is InChI=1S/C32H38O10/c1-17(2)11-12-32(40)24(16-33)42-31(28(36)29(32)37)41-23-15-21(30(38)39)14-20-13-18(3)25(27(35)26(20)23)22(34)10-9-19-7-5-4-6-8-19/h4-8,13-15,17,24,28-29,31,33,35-37,40H,9-12,16H2,1-3H3,(H,38,39)/t24-,28-,29-,31-,32-/m1/s1. The molecule has 0 unspecified atom stereocenters. The molecule has 0 radical (unpaired) electrons. The van der Waals surface area contributed by atoms with Crippen LogP contribution in [0.1, 0.15) is 65.0 Å². The van der Waals surface area contributed by atoms with Crippen LogP contribution in [0.4, 0.5) is 0 Å². The maximum absolute atomic E-state index is 13.3. The average Bonchev–Trinajstić information content (AvgIpc) is 2.95. The van der Waals surface area contributed by atoms with Crippen LogP contribution in [0.2, 0.25) is 0 Å². The number of carbonyl (C=O) groups is 2. The fraction of sp³-hybridized carbons (Fsp3) is 0.438. The number of benzene rings is 3. The molecule has 6 N–H and O–H groups in total. The Morgan fingerprint density at radius 3 is 2.40 bits per heavy atom. The lowest BCUT2D eigenvalue weighted by Gasteiger charge is -2.48. The first-order valence-corrected chi connectivity index (χ1v) is 14.0. The van der Waals surface area contributed by atoms with Crippen molar-refractivity contribution in [1.82, 2.24) is 0 Å². The van der Waals surface area contributed by atoms with Gasteiger partial charge in [0.15, 0.2) is 5.78 Å². The van der Waals surface area contributed by atoms with Crippen molar-refractivity contribution in [3.63, 3.8) is 0 Å². The molecule has 1 aliphatic rings. The highest BCUT2D eigenvalue weighted by Gasteiger charge is 2.55. The van der Waals surface area contributed by atoms with Crippen molar-refractivity contribution >= 4 is 22.5 Å². The van der Waals surface area contributed by atoms with E-state index in [4.69, 9.17) is 9.47 Å². The Morgan fingerprint density at radius 1 is 1.10 bits per heavy atom. The molecule has 10 heteroatoms. The summed E-state index contributed by atoms with van der Waals surface area (Å²) in [6, 6.07) is 13.4. The van der Waals surface area contributed by atoms with Crippen LogP contribution in [0.3, 0.4) is 0 Å². The summed E-state index contributed by atoms with van der Waals surface area (Å²) in [5.41, 5.74) is -0.731. The third-order valence-corrected chi connectivity index (χ3v) is 7.88. The second kappa shape index (κ2) is 12.8. The van der Waals surface area contributed by atoms with Crippen LogP contribution in [-0.4, -0.2) is 79.2 Å². The Morgan fingerprint density at radius 2 is 1.79 bits per heavy atom. The van der Waals surface area contributed by atoms with E-state index in [0.29, 0.717) is 18.4 Å². The number of phenolic OH excluding ortho intramolecular Hbond substituents is 1. The van der Waals surface area contributed by atoms with Crippen LogP contribution >= 0.6 is 0 Å². The zero-order valence-corrected chi connectivity index (χ0v) is 23.9. The van der Waals surface area contributed by atoms with Gasteiger partial charge in [-0.2, -0.15) is 0 Å². The molecule has 1 aliphatic heterocycles. The number of aliphatic hydroxyl groups excluding tert-OH is 3. The van der Waals surface area contributed by atoms with Crippen LogP contribution < -0.4 is 4.74 Å². The van der Waals surface area contributed by atoms with Gasteiger partial charge in [0.25, 0.3) is 0 Å². The Kier molecular flexibility index (Phi) is 9.54. The largest absolute Gasteiger partial charge is 0.506 e. The lowest BCUT2D eigenvalue weighted by molar-refractivity contribution is -0.315. The number of ketones is 1. The fourth-order valence-corrected chi connectivity index (χ4v) is 5.47. The van der Waals surface area contributed by atoms with E-state index in [1.165, 1.54) is 6.07 Å². The quantitative estimate of drug-likeness (QED) is 0.184. The van der Waals surface area contributed by atoms with Gasteiger partial charge in [-0.05, 0) is 60.7 Å². The number of hydrogen-bond donors (Lipinski definition) is 6. The first-order valence-electron chi connectivity index (χ1n) is 14.0. The van der Waals surface area contributed by atoms with Gasteiger partial charge in [0.2, 0.25) is 6.29 Å². The molecule has 226 valence electrons. The Hall–Kier alpha value is -3.54. The predicted molar refractivity (Wildman–Crippen MR) is 154 cm³/mol. The smallest absolute Gasteiger partial charge is 0.335 e. The summed E-state index contributed by atoms with van der Waals surface area (Å²) < 4.78 is 11.6. The van der Waals surface area contributed by atoms with Crippen molar-refractivity contribution in [2.45, 2.75) is 76.7 Å². The summed E-state index contributed by atoms with van der Waals surface area (Å²) in [6.07, 6.45) is -5.49. The molecule has 0 bridgehead atoms. The van der Waals surface area contributed by atoms with Gasteiger partial charge in [-0.1, -0.05) is 50.2 Å². The van der Waals surface area contributed by atoms with Crippen molar-refractivity contribution in [3.8, 4) is 11.5 Å². The van der Waals surface area contributed by atoms with Crippen LogP contribution in [0.15, 0.2) is 48.5 Å². The highest BCUT2D eigenvalue weighted by molar-refractivity contribution is 6.09. The summed E-state index contributed by atoms with van der Waals surface area (Å²) in [5.74, 6) is -2.10. The molecular formula is C32H38O10. The minimum absolute atomic E-state index is 0.0140. The van der Waals surface area contributed by atoms with E-state index < -0.39 is 48.5 Å². The van der Waals surface area contributed by atoms with E-state index >= 15 is 0 Å². The minimum Gasteiger partial charge on any atom is -0.506 e. The molecule has 5 atom stereocenters. The molecule has 10 nitrogen and oxygen atoms in total. The lowest BCUT2D eigenvalue weighted by Crippen LogP contribution is -2.67. The molecule has 3 aromatic carbocycles. The summed E-state index contributed by atoms with van der Waals surface area (Å²) in [5, 5.41) is 64.4. The molecule has 3 aromatic rings. The molecule has 42 heavy (non-hydrogen) atoms. The summed E-state index contributed by atoms with van der Waals surface area (Å²) >= 11 is 0. The number of carboxylic acids is 1. The topological polar surface area (TPSA) is 174 Å². The monoisotopic (exact) mass is 582 g/mol. The number of ether oxygens (including phenoxy) is 2. The van der Waals surface area contributed by atoms with Crippen molar-refractivity contribution in [2.24, 2.45) is 5.92 Å². The van der Waals surface area contributed by atoms with Gasteiger partial charge in [-0.25, -0.2) is 4.79 Å². The SMILES string of the molecule is Cc1cc2cc(C(=O)O)cc(O[C@@H]3O[C@H](CO)[C@](O)(CCC(C)C)[C@H](O)[C@H]3O)c2c(O)c1C(=O)CCc1ccccc1. The number of rotatable bonds is 11. The van der Waals surface area contributed by atoms with Crippen LogP contribution in [0, 0.1) is 12.8 Å². The molecular weight excluding hydrogens is 544 g/mol. The van der Waals surface area contributed by atoms with Crippen LogP contribution in [-0.2, 0) is 11.2 Å². The molecule has 4 rings (SSSR count). The number of aliphatic hydroxyl groups is 4. The second-order valence-electron chi connectivity index (χ2n) is 11.4. The Balaban J connectivity index is 1.72. The van der Waals surface area contributed by atoms with Gasteiger partial charge < -0.3 is 40.1 Å². The summed E-state index contributed by atoms with van der Waals surface area (Å²) in [6.45, 7) is 4.78. The molecule has 1 fully saturated rings. The number of phenols is 1. The Bertz CT molecular complexity index is 1430. The average molecular weight is 583 g/mol. The fourth-order valence-electron chi connectivity index (χ4n) is 5.47. The van der Waals surface area contributed by atoms with Crippen molar-refractivity contribution < 1.29 is 49.7 Å². The van der Waals surface area contributed by atoms with Crippen LogP contribution in [0.5, 0.6) is 11.5 Å². The second-order valence-corrected chi connectivity index (χ2v) is 11.4. The maximum atomic E-state index is 13.3. The number of carboxylic acid groups (broad SMARTS) is 1. The first kappa shape index (κ1) is 31.4. The van der Waals surface area contributed by atoms with Crippen molar-refractivity contribution in [1.29, 1.82) is 0 Å². The molecule has 1 saturated heterocycles. The van der Waals surface area contributed by atoms with Crippen molar-refractivity contribution in [2.75, 3.05) is 6.61 Å². The number of aromatic hydroxyl groups is 1. The Labute approximate surface area is 243 Å². The van der Waals surface area contributed by atoms with Gasteiger partial charge in [0, 0.05) is 6.42 Å². The number of aromatic carboxylic acids is 1.